The normalized spacial score (nSPS) is 18.8. The summed E-state index contributed by atoms with van der Waals surface area (Å²) in [5, 5.41) is 18.0. The van der Waals surface area contributed by atoms with Crippen molar-refractivity contribution in [1.82, 2.24) is 20.7 Å². The summed E-state index contributed by atoms with van der Waals surface area (Å²) in [5.74, 6) is 0.930. The first-order valence-corrected chi connectivity index (χ1v) is 9.88. The van der Waals surface area contributed by atoms with Crippen LogP contribution in [0, 0.1) is 11.8 Å². The zero-order chi connectivity index (χ0) is 20.3. The standard InChI is InChI=1S/C19H28N4O5/c1-11(2)16(21-19(26)27)18(25)23-7-5-12(6-8-23)10-20-17(24)14-9-15(28-22-14)13-3-4-13/h9,11-13,16,21H,3-8,10H2,1-2H3,(H,20,24)(H,26,27). The first-order valence-electron chi connectivity index (χ1n) is 9.88. The minimum atomic E-state index is -1.19. The minimum absolute atomic E-state index is 0.122. The summed E-state index contributed by atoms with van der Waals surface area (Å²) in [5.41, 5.74) is 0.314. The third-order valence-corrected chi connectivity index (χ3v) is 5.43. The Kier molecular flexibility index (Phi) is 6.21. The van der Waals surface area contributed by atoms with Gasteiger partial charge in [0.15, 0.2) is 5.69 Å². The summed E-state index contributed by atoms with van der Waals surface area (Å²) >= 11 is 0. The summed E-state index contributed by atoms with van der Waals surface area (Å²) in [6.45, 7) is 5.27. The van der Waals surface area contributed by atoms with Crippen LogP contribution in [0.1, 0.15) is 61.7 Å². The lowest BCUT2D eigenvalue weighted by molar-refractivity contribution is -0.135. The fourth-order valence-corrected chi connectivity index (χ4v) is 3.48. The lowest BCUT2D eigenvalue weighted by atomic mass is 9.95. The Bertz CT molecular complexity index is 720. The Labute approximate surface area is 163 Å². The van der Waals surface area contributed by atoms with Crippen molar-refractivity contribution in [2.24, 2.45) is 11.8 Å². The van der Waals surface area contributed by atoms with Crippen LogP contribution in [0.5, 0.6) is 0 Å². The van der Waals surface area contributed by atoms with E-state index >= 15 is 0 Å². The number of nitrogens with one attached hydrogen (secondary N) is 2. The number of nitrogens with zero attached hydrogens (tertiary/aromatic N) is 2. The fraction of sp³-hybridized carbons (Fsp3) is 0.684. The number of carbonyl (C=O) groups is 3. The number of carbonyl (C=O) groups excluding carboxylic acids is 2. The molecular formula is C19H28N4O5. The number of rotatable bonds is 7. The van der Waals surface area contributed by atoms with Gasteiger partial charge in [-0.15, -0.1) is 0 Å². The second-order valence-corrected chi connectivity index (χ2v) is 8.04. The van der Waals surface area contributed by atoms with Crippen LogP contribution in [-0.2, 0) is 4.79 Å². The van der Waals surface area contributed by atoms with Crippen molar-refractivity contribution in [3.8, 4) is 0 Å². The molecule has 2 aliphatic rings. The van der Waals surface area contributed by atoms with Gasteiger partial charge in [0.25, 0.3) is 5.91 Å². The van der Waals surface area contributed by atoms with Gasteiger partial charge in [-0.25, -0.2) is 4.79 Å². The lowest BCUT2D eigenvalue weighted by Crippen LogP contribution is -2.53. The maximum atomic E-state index is 12.6. The quantitative estimate of drug-likeness (QED) is 0.650. The van der Waals surface area contributed by atoms with Crippen LogP contribution in [0.25, 0.3) is 0 Å². The van der Waals surface area contributed by atoms with Crippen molar-refractivity contribution in [3.05, 3.63) is 17.5 Å². The van der Waals surface area contributed by atoms with E-state index in [2.05, 4.69) is 15.8 Å². The second kappa shape index (κ2) is 8.62. The molecule has 28 heavy (non-hydrogen) atoms. The molecule has 2 fully saturated rings. The van der Waals surface area contributed by atoms with E-state index in [4.69, 9.17) is 9.63 Å². The molecule has 0 bridgehead atoms. The molecule has 2 heterocycles. The lowest BCUT2D eigenvalue weighted by Gasteiger charge is -2.35. The van der Waals surface area contributed by atoms with E-state index in [9.17, 15) is 14.4 Å². The Morgan fingerprint density at radius 1 is 1.25 bits per heavy atom. The highest BCUT2D eigenvalue weighted by Gasteiger charge is 2.32. The molecule has 1 saturated carbocycles. The third-order valence-electron chi connectivity index (χ3n) is 5.43. The van der Waals surface area contributed by atoms with Crippen molar-refractivity contribution in [2.75, 3.05) is 19.6 Å². The average Bonchev–Trinajstić information content (AvgIpc) is 3.40. The number of aromatic nitrogens is 1. The smallest absolute Gasteiger partial charge is 0.405 e. The van der Waals surface area contributed by atoms with Gasteiger partial charge < -0.3 is 25.2 Å². The number of piperidine rings is 1. The molecule has 1 aromatic heterocycles. The van der Waals surface area contributed by atoms with Gasteiger partial charge >= 0.3 is 6.09 Å². The molecule has 9 heteroatoms. The van der Waals surface area contributed by atoms with Crippen LogP contribution in [-0.4, -0.2) is 58.7 Å². The highest BCUT2D eigenvalue weighted by molar-refractivity contribution is 5.92. The van der Waals surface area contributed by atoms with Gasteiger partial charge in [-0.1, -0.05) is 19.0 Å². The third kappa shape index (κ3) is 5.02. The monoisotopic (exact) mass is 392 g/mol. The average molecular weight is 392 g/mol. The van der Waals surface area contributed by atoms with Crippen molar-refractivity contribution in [3.63, 3.8) is 0 Å². The second-order valence-electron chi connectivity index (χ2n) is 8.04. The predicted octanol–water partition coefficient (Wildman–Crippen LogP) is 1.81. The SMILES string of the molecule is CC(C)C(NC(=O)O)C(=O)N1CCC(CNC(=O)c2cc(C3CC3)on2)CC1. The van der Waals surface area contributed by atoms with E-state index in [0.29, 0.717) is 31.2 Å². The van der Waals surface area contributed by atoms with Gasteiger partial charge in [0.05, 0.1) is 0 Å². The molecule has 1 aliphatic carbocycles. The molecule has 3 N–H and O–H groups in total. The maximum Gasteiger partial charge on any atom is 0.405 e. The summed E-state index contributed by atoms with van der Waals surface area (Å²) in [7, 11) is 0. The zero-order valence-corrected chi connectivity index (χ0v) is 16.3. The molecular weight excluding hydrogens is 364 g/mol. The van der Waals surface area contributed by atoms with E-state index < -0.39 is 12.1 Å². The highest BCUT2D eigenvalue weighted by Crippen LogP contribution is 2.40. The molecule has 0 radical (unpaired) electrons. The summed E-state index contributed by atoms with van der Waals surface area (Å²) < 4.78 is 5.21. The largest absolute Gasteiger partial charge is 0.465 e. The van der Waals surface area contributed by atoms with Gasteiger partial charge in [-0.05, 0) is 37.5 Å². The predicted molar refractivity (Wildman–Crippen MR) is 99.9 cm³/mol. The molecule has 1 aromatic rings. The minimum Gasteiger partial charge on any atom is -0.465 e. The van der Waals surface area contributed by atoms with Crippen molar-refractivity contribution in [1.29, 1.82) is 0 Å². The highest BCUT2D eigenvalue weighted by atomic mass is 16.5. The van der Waals surface area contributed by atoms with E-state index in [1.54, 1.807) is 11.0 Å². The number of amides is 3. The summed E-state index contributed by atoms with van der Waals surface area (Å²) in [4.78, 5) is 37.5. The van der Waals surface area contributed by atoms with Crippen LogP contribution in [0.2, 0.25) is 0 Å². The van der Waals surface area contributed by atoms with Crippen molar-refractivity contribution < 1.29 is 24.0 Å². The number of hydrogen-bond acceptors (Lipinski definition) is 5. The molecule has 1 unspecified atom stereocenters. The van der Waals surface area contributed by atoms with Gasteiger partial charge in [-0.2, -0.15) is 0 Å². The molecule has 0 spiro atoms. The van der Waals surface area contributed by atoms with Crippen LogP contribution in [0.3, 0.4) is 0 Å². The molecule has 3 rings (SSSR count). The number of carboxylic acid groups (broad SMARTS) is 1. The Balaban J connectivity index is 1.43. The van der Waals surface area contributed by atoms with E-state index in [0.717, 1.165) is 31.4 Å². The van der Waals surface area contributed by atoms with Gasteiger partial charge in [0.2, 0.25) is 5.91 Å². The summed E-state index contributed by atoms with van der Waals surface area (Å²) in [6.07, 6.45) is 2.51. The topological polar surface area (TPSA) is 125 Å². The van der Waals surface area contributed by atoms with Crippen molar-refractivity contribution in [2.45, 2.75) is 51.5 Å². The van der Waals surface area contributed by atoms with Crippen molar-refractivity contribution >= 4 is 17.9 Å². The zero-order valence-electron chi connectivity index (χ0n) is 16.3. The molecule has 1 saturated heterocycles. The number of hydrogen-bond donors (Lipinski definition) is 3. The first-order chi connectivity index (χ1) is 13.3. The van der Waals surface area contributed by atoms with Crippen LogP contribution in [0.15, 0.2) is 10.6 Å². The van der Waals surface area contributed by atoms with Gasteiger partial charge in [0, 0.05) is 31.6 Å². The van der Waals surface area contributed by atoms with Gasteiger partial charge in [0.1, 0.15) is 11.8 Å². The molecule has 154 valence electrons. The Hall–Kier alpha value is -2.58. The molecule has 1 aliphatic heterocycles. The molecule has 1 atom stereocenters. The molecule has 0 aromatic carbocycles. The summed E-state index contributed by atoms with van der Waals surface area (Å²) in [6, 6.07) is 0.983. The van der Waals surface area contributed by atoms with E-state index in [1.165, 1.54) is 0 Å². The van der Waals surface area contributed by atoms with Crippen LogP contribution < -0.4 is 10.6 Å². The van der Waals surface area contributed by atoms with Gasteiger partial charge in [-0.3, -0.25) is 9.59 Å². The Morgan fingerprint density at radius 2 is 1.93 bits per heavy atom. The maximum absolute atomic E-state index is 12.6. The molecule has 3 amide bonds. The first kappa shape index (κ1) is 20.2. The fourth-order valence-electron chi connectivity index (χ4n) is 3.48. The molecule has 9 nitrogen and oxygen atoms in total. The van der Waals surface area contributed by atoms with Crippen LogP contribution in [0.4, 0.5) is 4.79 Å². The van der Waals surface area contributed by atoms with E-state index in [-0.39, 0.29) is 23.7 Å². The van der Waals surface area contributed by atoms with Crippen LogP contribution >= 0.6 is 0 Å². The Morgan fingerprint density at radius 3 is 2.50 bits per heavy atom. The van der Waals surface area contributed by atoms with E-state index in [1.807, 2.05) is 13.8 Å². The number of likely N-dealkylation sites (tertiary alicyclic amines) is 1.